The van der Waals surface area contributed by atoms with Crippen LogP contribution in [0.3, 0.4) is 0 Å². The van der Waals surface area contributed by atoms with Crippen molar-refractivity contribution in [2.24, 2.45) is 0 Å². The van der Waals surface area contributed by atoms with E-state index in [1.165, 1.54) is 36.1 Å². The van der Waals surface area contributed by atoms with Crippen LogP contribution in [0.5, 0.6) is 0 Å². The number of alkyl halides is 3. The first-order valence-electron chi connectivity index (χ1n) is 5.48. The molecular formula is C12H12F3NO4S. The van der Waals surface area contributed by atoms with E-state index in [1.54, 1.807) is 0 Å². The summed E-state index contributed by atoms with van der Waals surface area (Å²) in [7, 11) is -2.50. The summed E-state index contributed by atoms with van der Waals surface area (Å²) < 4.78 is 54.4. The van der Waals surface area contributed by atoms with Crippen LogP contribution in [-0.4, -0.2) is 35.2 Å². The van der Waals surface area contributed by atoms with Gasteiger partial charge >= 0.3 is 18.1 Å². The van der Waals surface area contributed by atoms with Crippen LogP contribution in [-0.2, 0) is 30.5 Å². The van der Waals surface area contributed by atoms with E-state index < -0.39 is 27.8 Å². The van der Waals surface area contributed by atoms with Gasteiger partial charge in [-0.3, -0.25) is 14.3 Å². The second-order valence-electron chi connectivity index (χ2n) is 4.00. The molecule has 5 nitrogen and oxygen atoms in total. The number of ether oxygens (including phenoxy) is 1. The molecule has 9 heteroatoms. The van der Waals surface area contributed by atoms with Gasteiger partial charge in [-0.05, 0) is 23.6 Å². The lowest BCUT2D eigenvalue weighted by Crippen LogP contribution is -2.40. The summed E-state index contributed by atoms with van der Waals surface area (Å²) in [5, 5.41) is 0. The molecule has 0 aromatic heterocycles. The van der Waals surface area contributed by atoms with Crippen molar-refractivity contribution in [1.82, 2.24) is 4.72 Å². The fourth-order valence-corrected chi connectivity index (χ4v) is 2.54. The Labute approximate surface area is 119 Å². The van der Waals surface area contributed by atoms with Gasteiger partial charge in [0.2, 0.25) is 0 Å². The quantitative estimate of drug-likeness (QED) is 0.664. The number of halogens is 3. The van der Waals surface area contributed by atoms with Crippen molar-refractivity contribution < 1.29 is 31.7 Å². The first-order valence-corrected chi connectivity index (χ1v) is 7.21. The van der Waals surface area contributed by atoms with Gasteiger partial charge in [0.05, 0.1) is 23.2 Å². The number of amides is 1. The molecule has 21 heavy (non-hydrogen) atoms. The van der Waals surface area contributed by atoms with E-state index in [4.69, 9.17) is 0 Å². The summed E-state index contributed by atoms with van der Waals surface area (Å²) in [6.45, 7) is 0. The minimum absolute atomic E-state index is 0.124. The maximum absolute atomic E-state index is 12.2. The first kappa shape index (κ1) is 17.0. The summed E-state index contributed by atoms with van der Waals surface area (Å²) in [5.74, 6) is 0.200. The molecule has 1 aromatic rings. The number of carbonyl (C=O) groups excluding carboxylic acids is 2. The molecule has 0 heterocycles. The van der Waals surface area contributed by atoms with Crippen LogP contribution < -0.4 is 4.72 Å². The summed E-state index contributed by atoms with van der Waals surface area (Å²) in [4.78, 5) is 21.8. The molecule has 1 rings (SSSR count). The number of nitrogens with one attached hydrogen (secondary N) is 1. The number of benzene rings is 1. The molecule has 0 saturated carbocycles. The SMILES string of the molecule is C=S(=O)(NC(=O)C(F)(F)F)c1cccc(CC(=O)OC)c1. The van der Waals surface area contributed by atoms with Gasteiger partial charge in [0, 0.05) is 4.90 Å². The second-order valence-corrected chi connectivity index (χ2v) is 6.03. The maximum Gasteiger partial charge on any atom is 0.472 e. The number of esters is 1. The molecule has 1 atom stereocenters. The average Bonchev–Trinajstić information content (AvgIpc) is 2.37. The van der Waals surface area contributed by atoms with Crippen LogP contribution in [0, 0.1) is 0 Å². The van der Waals surface area contributed by atoms with Gasteiger partial charge in [-0.2, -0.15) is 13.2 Å². The number of hydrogen-bond donors (Lipinski definition) is 1. The zero-order chi connectivity index (χ0) is 16.3. The molecule has 0 spiro atoms. The van der Waals surface area contributed by atoms with Crippen LogP contribution in [0.4, 0.5) is 13.2 Å². The lowest BCUT2D eigenvalue weighted by molar-refractivity contribution is -0.171. The Morgan fingerprint density at radius 2 is 2.00 bits per heavy atom. The van der Waals surface area contributed by atoms with Crippen LogP contribution in [0.15, 0.2) is 29.2 Å². The standard InChI is InChI=1S/C12H12F3NO4S/c1-20-10(17)7-8-4-3-5-9(6-8)21(2,19)16-11(18)12(13,14)15/h3-6H,2,7H2,1H3,(H,16,18,19). The Morgan fingerprint density at radius 3 is 2.52 bits per heavy atom. The van der Waals surface area contributed by atoms with E-state index in [2.05, 4.69) is 10.6 Å². The molecule has 0 bridgehead atoms. The summed E-state index contributed by atoms with van der Waals surface area (Å²) in [6, 6.07) is 5.36. The van der Waals surface area contributed by atoms with Gasteiger partial charge < -0.3 is 4.74 Å². The number of carbonyl (C=O) groups is 2. The molecule has 0 saturated heterocycles. The summed E-state index contributed by atoms with van der Waals surface area (Å²) in [5.41, 5.74) is 0.372. The highest BCUT2D eigenvalue weighted by Gasteiger charge is 2.40. The Morgan fingerprint density at radius 1 is 1.38 bits per heavy atom. The molecular weight excluding hydrogens is 311 g/mol. The van der Waals surface area contributed by atoms with E-state index in [1.807, 2.05) is 0 Å². The molecule has 1 amide bonds. The third-order valence-corrected chi connectivity index (χ3v) is 3.90. The fourth-order valence-electron chi connectivity index (χ4n) is 1.37. The van der Waals surface area contributed by atoms with Gasteiger partial charge in [0.15, 0.2) is 0 Å². The highest BCUT2D eigenvalue weighted by atomic mass is 32.2. The summed E-state index contributed by atoms with van der Waals surface area (Å²) in [6.07, 6.45) is -5.31. The molecule has 116 valence electrons. The smallest absolute Gasteiger partial charge is 0.469 e. The van der Waals surface area contributed by atoms with E-state index in [-0.39, 0.29) is 11.3 Å². The normalized spacial score (nSPS) is 14.1. The Hall–Kier alpha value is -2.03. The number of methoxy groups -OCH3 is 1. The van der Waals surface area contributed by atoms with Crippen LogP contribution in [0.2, 0.25) is 0 Å². The molecule has 0 aliphatic heterocycles. The van der Waals surface area contributed by atoms with Crippen LogP contribution in [0.1, 0.15) is 5.56 Å². The molecule has 0 fully saturated rings. The van der Waals surface area contributed by atoms with Crippen molar-refractivity contribution >= 4 is 27.5 Å². The largest absolute Gasteiger partial charge is 0.472 e. The minimum Gasteiger partial charge on any atom is -0.469 e. The zero-order valence-electron chi connectivity index (χ0n) is 10.9. The highest BCUT2D eigenvalue weighted by molar-refractivity contribution is 7.99. The maximum atomic E-state index is 12.2. The van der Waals surface area contributed by atoms with Crippen molar-refractivity contribution in [1.29, 1.82) is 0 Å². The van der Waals surface area contributed by atoms with Gasteiger partial charge in [0.25, 0.3) is 0 Å². The van der Waals surface area contributed by atoms with E-state index in [0.717, 1.165) is 0 Å². The molecule has 0 aliphatic rings. The lowest BCUT2D eigenvalue weighted by atomic mass is 10.1. The third kappa shape index (κ3) is 4.78. The van der Waals surface area contributed by atoms with Crippen molar-refractivity contribution in [3.8, 4) is 0 Å². The van der Waals surface area contributed by atoms with Gasteiger partial charge in [0.1, 0.15) is 0 Å². The Balaban J connectivity index is 3.02. The van der Waals surface area contributed by atoms with Crippen LogP contribution >= 0.6 is 0 Å². The number of rotatable bonds is 4. The monoisotopic (exact) mass is 323 g/mol. The lowest BCUT2D eigenvalue weighted by Gasteiger charge is -2.13. The van der Waals surface area contributed by atoms with E-state index in [9.17, 15) is 27.0 Å². The predicted octanol–water partition coefficient (Wildman–Crippen LogP) is 1.07. The number of hydrogen-bond acceptors (Lipinski definition) is 4. The van der Waals surface area contributed by atoms with Crippen LogP contribution in [0.25, 0.3) is 0 Å². The van der Waals surface area contributed by atoms with Crippen molar-refractivity contribution in [3.63, 3.8) is 0 Å². The molecule has 0 radical (unpaired) electrons. The molecule has 1 N–H and O–H groups in total. The average molecular weight is 323 g/mol. The summed E-state index contributed by atoms with van der Waals surface area (Å²) >= 11 is 0. The van der Waals surface area contributed by atoms with Gasteiger partial charge in [-0.15, -0.1) is 0 Å². The zero-order valence-corrected chi connectivity index (χ0v) is 11.7. The fraction of sp³-hybridized carbons (Fsp3) is 0.250. The molecule has 0 aliphatic carbocycles. The Kier molecular flexibility index (Phi) is 5.00. The highest BCUT2D eigenvalue weighted by Crippen LogP contribution is 2.17. The van der Waals surface area contributed by atoms with Gasteiger partial charge in [-0.25, -0.2) is 4.21 Å². The molecule has 1 aromatic carbocycles. The second kappa shape index (κ2) is 6.17. The van der Waals surface area contributed by atoms with Crippen molar-refractivity contribution in [2.75, 3.05) is 7.11 Å². The topological polar surface area (TPSA) is 72.5 Å². The Bertz CT molecular complexity index is 653. The van der Waals surface area contributed by atoms with Crippen molar-refractivity contribution in [3.05, 3.63) is 29.8 Å². The van der Waals surface area contributed by atoms with Crippen molar-refractivity contribution in [2.45, 2.75) is 17.5 Å². The molecule has 1 unspecified atom stereocenters. The third-order valence-electron chi connectivity index (χ3n) is 2.37. The van der Waals surface area contributed by atoms with E-state index >= 15 is 0 Å². The van der Waals surface area contributed by atoms with Gasteiger partial charge in [-0.1, -0.05) is 12.1 Å². The predicted molar refractivity (Wildman–Crippen MR) is 69.9 cm³/mol. The first-order chi connectivity index (χ1) is 9.56. The minimum atomic E-state index is -5.16. The van der Waals surface area contributed by atoms with E-state index in [0.29, 0.717) is 5.56 Å².